The lowest BCUT2D eigenvalue weighted by Gasteiger charge is -2.12. The zero-order valence-corrected chi connectivity index (χ0v) is 17.7. The maximum Gasteiger partial charge on any atom is 0.271 e. The SMILES string of the molecule is Cc1cccc(C)c1NCc1nnc(SCC(=O)Nc2cccc([N+](=O)[O-])c2)n1C. The molecule has 1 amide bonds. The van der Waals surface area contributed by atoms with Gasteiger partial charge in [0, 0.05) is 30.6 Å². The fraction of sp³-hybridized carbons (Fsp3) is 0.250. The van der Waals surface area contributed by atoms with Gasteiger partial charge in [-0.05, 0) is 31.0 Å². The van der Waals surface area contributed by atoms with Gasteiger partial charge in [0.15, 0.2) is 11.0 Å². The van der Waals surface area contributed by atoms with Crippen molar-refractivity contribution in [3.63, 3.8) is 0 Å². The number of carbonyl (C=O) groups is 1. The Hall–Kier alpha value is -3.40. The minimum Gasteiger partial charge on any atom is -0.377 e. The van der Waals surface area contributed by atoms with Crippen LogP contribution in [0.25, 0.3) is 0 Å². The number of non-ortho nitro benzene ring substituents is 1. The van der Waals surface area contributed by atoms with E-state index in [1.165, 1.54) is 30.0 Å². The third-order valence-corrected chi connectivity index (χ3v) is 5.52. The molecule has 0 fully saturated rings. The van der Waals surface area contributed by atoms with E-state index in [0.717, 1.165) is 22.6 Å². The predicted octanol–water partition coefficient (Wildman–Crippen LogP) is 3.68. The molecule has 0 aliphatic rings. The average Bonchev–Trinajstić information content (AvgIpc) is 3.06. The fourth-order valence-electron chi connectivity index (χ4n) is 2.91. The first-order valence-corrected chi connectivity index (χ1v) is 10.2. The van der Waals surface area contributed by atoms with E-state index in [1.54, 1.807) is 6.07 Å². The molecule has 3 aromatic rings. The minimum atomic E-state index is -0.502. The topological polar surface area (TPSA) is 115 Å². The van der Waals surface area contributed by atoms with Gasteiger partial charge in [-0.15, -0.1) is 10.2 Å². The van der Waals surface area contributed by atoms with Crippen LogP contribution in [0, 0.1) is 24.0 Å². The summed E-state index contributed by atoms with van der Waals surface area (Å²) >= 11 is 1.25. The fourth-order valence-corrected chi connectivity index (χ4v) is 3.64. The van der Waals surface area contributed by atoms with Crippen molar-refractivity contribution in [3.05, 3.63) is 69.5 Å². The van der Waals surface area contributed by atoms with Crippen molar-refractivity contribution in [3.8, 4) is 0 Å². The van der Waals surface area contributed by atoms with Crippen LogP contribution in [0.1, 0.15) is 17.0 Å². The first kappa shape index (κ1) is 21.3. The molecule has 0 atom stereocenters. The van der Waals surface area contributed by atoms with Gasteiger partial charge >= 0.3 is 0 Å². The molecule has 156 valence electrons. The van der Waals surface area contributed by atoms with Crippen LogP contribution in [-0.4, -0.2) is 31.3 Å². The summed E-state index contributed by atoms with van der Waals surface area (Å²) in [5, 5.41) is 25.9. The monoisotopic (exact) mass is 426 g/mol. The van der Waals surface area contributed by atoms with E-state index in [2.05, 4.69) is 20.8 Å². The summed E-state index contributed by atoms with van der Waals surface area (Å²) < 4.78 is 1.84. The number of amides is 1. The standard InChI is InChI=1S/C20H22N6O3S/c1-13-6-4-7-14(2)19(13)21-11-17-23-24-20(25(17)3)30-12-18(27)22-15-8-5-9-16(10-15)26(28)29/h4-10,21H,11-12H2,1-3H3,(H,22,27). The van der Waals surface area contributed by atoms with Gasteiger partial charge in [0.1, 0.15) is 0 Å². The highest BCUT2D eigenvalue weighted by Gasteiger charge is 2.13. The van der Waals surface area contributed by atoms with Crippen LogP contribution in [0.2, 0.25) is 0 Å². The molecule has 0 unspecified atom stereocenters. The Morgan fingerprint density at radius 3 is 2.57 bits per heavy atom. The number of nitrogens with one attached hydrogen (secondary N) is 2. The number of nitro benzene ring substituents is 1. The molecule has 0 aliphatic heterocycles. The van der Waals surface area contributed by atoms with Gasteiger partial charge < -0.3 is 15.2 Å². The molecule has 3 rings (SSSR count). The van der Waals surface area contributed by atoms with Crippen LogP contribution < -0.4 is 10.6 Å². The molecule has 10 heteroatoms. The van der Waals surface area contributed by atoms with Crippen molar-refractivity contribution in [2.24, 2.45) is 7.05 Å². The van der Waals surface area contributed by atoms with E-state index in [4.69, 9.17) is 0 Å². The van der Waals surface area contributed by atoms with Crippen LogP contribution in [0.15, 0.2) is 47.6 Å². The second-order valence-corrected chi connectivity index (χ2v) is 7.66. The minimum absolute atomic E-state index is 0.0743. The van der Waals surface area contributed by atoms with Crippen molar-refractivity contribution < 1.29 is 9.72 Å². The summed E-state index contributed by atoms with van der Waals surface area (Å²) in [4.78, 5) is 22.5. The lowest BCUT2D eigenvalue weighted by molar-refractivity contribution is -0.384. The quantitative estimate of drug-likeness (QED) is 0.321. The number of aryl methyl sites for hydroxylation is 2. The normalized spacial score (nSPS) is 10.6. The van der Waals surface area contributed by atoms with Gasteiger partial charge in [-0.1, -0.05) is 36.0 Å². The molecule has 1 heterocycles. The highest BCUT2D eigenvalue weighted by Crippen LogP contribution is 2.22. The number of anilines is 2. The number of thioether (sulfide) groups is 1. The van der Waals surface area contributed by atoms with Gasteiger partial charge in [-0.25, -0.2) is 0 Å². The van der Waals surface area contributed by atoms with Crippen LogP contribution in [0.4, 0.5) is 17.1 Å². The molecular weight excluding hydrogens is 404 g/mol. The first-order chi connectivity index (χ1) is 14.3. The molecule has 0 spiro atoms. The zero-order chi connectivity index (χ0) is 21.7. The molecule has 0 bridgehead atoms. The molecule has 2 N–H and O–H groups in total. The number of carbonyl (C=O) groups excluding carboxylic acids is 1. The second kappa shape index (κ2) is 9.40. The molecule has 0 aliphatic carbocycles. The van der Waals surface area contributed by atoms with Gasteiger partial charge in [-0.3, -0.25) is 14.9 Å². The molecule has 1 aromatic heterocycles. The van der Waals surface area contributed by atoms with Gasteiger partial charge in [0.2, 0.25) is 5.91 Å². The molecule has 30 heavy (non-hydrogen) atoms. The number of nitro groups is 1. The highest BCUT2D eigenvalue weighted by molar-refractivity contribution is 7.99. The number of hydrogen-bond donors (Lipinski definition) is 2. The Kier molecular flexibility index (Phi) is 6.68. The van der Waals surface area contributed by atoms with Gasteiger partial charge in [-0.2, -0.15) is 0 Å². The van der Waals surface area contributed by atoms with E-state index in [0.29, 0.717) is 17.4 Å². The Labute approximate surface area is 178 Å². The Morgan fingerprint density at radius 1 is 1.17 bits per heavy atom. The van der Waals surface area contributed by atoms with Crippen molar-refractivity contribution >= 4 is 34.7 Å². The number of hydrogen-bond acceptors (Lipinski definition) is 7. The molecule has 0 radical (unpaired) electrons. The Bertz CT molecular complexity index is 1060. The van der Waals surface area contributed by atoms with E-state index in [1.807, 2.05) is 43.7 Å². The van der Waals surface area contributed by atoms with Crippen LogP contribution in [0.5, 0.6) is 0 Å². The maximum atomic E-state index is 12.2. The predicted molar refractivity (Wildman–Crippen MR) is 117 cm³/mol. The van der Waals surface area contributed by atoms with Crippen LogP contribution in [-0.2, 0) is 18.4 Å². The third-order valence-electron chi connectivity index (χ3n) is 4.50. The van der Waals surface area contributed by atoms with E-state index in [-0.39, 0.29) is 17.3 Å². The third kappa shape index (κ3) is 5.15. The highest BCUT2D eigenvalue weighted by atomic mass is 32.2. The Morgan fingerprint density at radius 2 is 1.87 bits per heavy atom. The summed E-state index contributed by atoms with van der Waals surface area (Å²) in [5.41, 5.74) is 3.70. The number of rotatable bonds is 8. The largest absolute Gasteiger partial charge is 0.377 e. The number of aromatic nitrogens is 3. The molecular formula is C20H22N6O3S. The van der Waals surface area contributed by atoms with E-state index >= 15 is 0 Å². The van der Waals surface area contributed by atoms with Crippen LogP contribution >= 0.6 is 11.8 Å². The molecule has 0 saturated heterocycles. The lowest BCUT2D eigenvalue weighted by atomic mass is 10.1. The van der Waals surface area contributed by atoms with Gasteiger partial charge in [0.25, 0.3) is 5.69 Å². The summed E-state index contributed by atoms with van der Waals surface area (Å²) in [5.74, 6) is 0.580. The van der Waals surface area contributed by atoms with E-state index in [9.17, 15) is 14.9 Å². The van der Waals surface area contributed by atoms with Crippen LogP contribution in [0.3, 0.4) is 0 Å². The van der Waals surface area contributed by atoms with Crippen molar-refractivity contribution in [1.82, 2.24) is 14.8 Å². The molecule has 0 saturated carbocycles. The number of benzene rings is 2. The maximum absolute atomic E-state index is 12.2. The van der Waals surface area contributed by atoms with Crippen molar-refractivity contribution in [2.45, 2.75) is 25.5 Å². The summed E-state index contributed by atoms with van der Waals surface area (Å²) in [6.45, 7) is 4.61. The van der Waals surface area contributed by atoms with Crippen molar-refractivity contribution in [1.29, 1.82) is 0 Å². The molecule has 9 nitrogen and oxygen atoms in total. The summed E-state index contributed by atoms with van der Waals surface area (Å²) in [7, 11) is 1.85. The molecule has 2 aromatic carbocycles. The lowest BCUT2D eigenvalue weighted by Crippen LogP contribution is -2.14. The first-order valence-electron chi connectivity index (χ1n) is 9.20. The average molecular weight is 427 g/mol. The number of nitrogens with zero attached hydrogens (tertiary/aromatic N) is 4. The summed E-state index contributed by atoms with van der Waals surface area (Å²) in [6, 6.07) is 11.9. The number of para-hydroxylation sites is 1. The smallest absolute Gasteiger partial charge is 0.271 e. The Balaban J connectivity index is 1.56. The zero-order valence-electron chi connectivity index (χ0n) is 16.9. The van der Waals surface area contributed by atoms with Gasteiger partial charge in [0.05, 0.1) is 17.2 Å². The van der Waals surface area contributed by atoms with E-state index < -0.39 is 4.92 Å². The second-order valence-electron chi connectivity index (χ2n) is 6.72. The summed E-state index contributed by atoms with van der Waals surface area (Å²) in [6.07, 6.45) is 0. The van der Waals surface area contributed by atoms with Crippen molar-refractivity contribution in [2.75, 3.05) is 16.4 Å².